The molecule has 0 aliphatic carbocycles. The van der Waals surface area contributed by atoms with Crippen molar-refractivity contribution in [2.75, 3.05) is 6.61 Å². The highest BCUT2D eigenvalue weighted by molar-refractivity contribution is 6.06. The smallest absolute Gasteiger partial charge is 0.325 e. The molecule has 0 bridgehead atoms. The van der Waals surface area contributed by atoms with Crippen LogP contribution in [-0.4, -0.2) is 39.1 Å². The molecule has 1 saturated heterocycles. The van der Waals surface area contributed by atoms with Gasteiger partial charge in [-0.1, -0.05) is 23.4 Å². The Morgan fingerprint density at radius 1 is 1.31 bits per heavy atom. The third-order valence-electron chi connectivity index (χ3n) is 4.76. The Morgan fingerprint density at radius 3 is 2.88 bits per heavy atom. The van der Waals surface area contributed by atoms with Crippen molar-refractivity contribution in [3.63, 3.8) is 0 Å². The molecular weight excluding hydrogens is 336 g/mol. The summed E-state index contributed by atoms with van der Waals surface area (Å²) in [5, 5.41) is 6.56. The van der Waals surface area contributed by atoms with E-state index in [9.17, 15) is 9.59 Å². The molecule has 8 heteroatoms. The number of fused-ring (bicyclic) bond motifs is 1. The maximum Gasteiger partial charge on any atom is 0.325 e. The molecule has 2 aliphatic rings. The van der Waals surface area contributed by atoms with E-state index in [1.807, 2.05) is 24.3 Å². The Kier molecular flexibility index (Phi) is 3.90. The number of imide groups is 1. The number of urea groups is 1. The lowest BCUT2D eigenvalue weighted by atomic mass is 9.90. The van der Waals surface area contributed by atoms with E-state index < -0.39 is 11.6 Å². The summed E-state index contributed by atoms with van der Waals surface area (Å²) in [5.41, 5.74) is 0.226. The van der Waals surface area contributed by atoms with Crippen molar-refractivity contribution in [1.82, 2.24) is 20.4 Å². The zero-order valence-corrected chi connectivity index (χ0v) is 14.7. The lowest BCUT2D eigenvalue weighted by molar-refractivity contribution is -0.130. The molecule has 1 N–H and O–H groups in total. The summed E-state index contributed by atoms with van der Waals surface area (Å²) in [6.45, 7) is 3.98. The largest absolute Gasteiger partial charge is 0.493 e. The van der Waals surface area contributed by atoms with Crippen molar-refractivity contribution in [1.29, 1.82) is 0 Å². The SMILES string of the molecule is CC1(C)NC(=O)N(Cc2noc(CC3CCOc4ccccc43)n2)C1=O. The van der Waals surface area contributed by atoms with Crippen LogP contribution in [0.25, 0.3) is 0 Å². The number of ether oxygens (including phenoxy) is 1. The number of hydrogen-bond donors (Lipinski definition) is 1. The van der Waals surface area contributed by atoms with Gasteiger partial charge in [0.1, 0.15) is 11.3 Å². The van der Waals surface area contributed by atoms with Crippen LogP contribution in [0.1, 0.15) is 43.5 Å². The van der Waals surface area contributed by atoms with Gasteiger partial charge in [-0.05, 0) is 37.8 Å². The summed E-state index contributed by atoms with van der Waals surface area (Å²) in [7, 11) is 0. The van der Waals surface area contributed by atoms with Crippen LogP contribution in [-0.2, 0) is 17.8 Å². The normalized spacial score (nSPS) is 21.3. The van der Waals surface area contributed by atoms with Crippen LogP contribution in [0.4, 0.5) is 4.79 Å². The van der Waals surface area contributed by atoms with Gasteiger partial charge in [0.25, 0.3) is 5.91 Å². The van der Waals surface area contributed by atoms with Gasteiger partial charge in [-0.2, -0.15) is 4.98 Å². The second-order valence-corrected chi connectivity index (χ2v) is 7.13. The zero-order valence-electron chi connectivity index (χ0n) is 14.7. The fourth-order valence-corrected chi connectivity index (χ4v) is 3.38. The van der Waals surface area contributed by atoms with Gasteiger partial charge in [0.05, 0.1) is 13.2 Å². The van der Waals surface area contributed by atoms with E-state index in [0.717, 1.165) is 22.6 Å². The summed E-state index contributed by atoms with van der Waals surface area (Å²) in [5.74, 6) is 1.65. The lowest BCUT2D eigenvalue weighted by Crippen LogP contribution is -2.40. The van der Waals surface area contributed by atoms with Gasteiger partial charge in [-0.15, -0.1) is 0 Å². The third kappa shape index (κ3) is 2.91. The first kappa shape index (κ1) is 16.6. The molecule has 1 atom stereocenters. The number of hydrogen-bond acceptors (Lipinski definition) is 6. The van der Waals surface area contributed by atoms with E-state index >= 15 is 0 Å². The second-order valence-electron chi connectivity index (χ2n) is 7.13. The average molecular weight is 356 g/mol. The van der Waals surface area contributed by atoms with Crippen molar-refractivity contribution in [3.05, 3.63) is 41.5 Å². The molecule has 0 saturated carbocycles. The molecule has 0 radical (unpaired) electrons. The van der Waals surface area contributed by atoms with Crippen molar-refractivity contribution >= 4 is 11.9 Å². The predicted molar refractivity (Wildman–Crippen MR) is 90.5 cm³/mol. The Bertz CT molecular complexity index is 860. The number of aromatic nitrogens is 2. The Balaban J connectivity index is 1.46. The molecule has 1 unspecified atom stereocenters. The van der Waals surface area contributed by atoms with Crippen molar-refractivity contribution < 1.29 is 18.8 Å². The molecule has 136 valence electrons. The molecule has 4 rings (SSSR count). The van der Waals surface area contributed by atoms with Crippen molar-refractivity contribution in [3.8, 4) is 5.75 Å². The minimum atomic E-state index is -0.907. The van der Waals surface area contributed by atoms with Gasteiger partial charge >= 0.3 is 6.03 Å². The number of rotatable bonds is 4. The molecule has 1 aromatic heterocycles. The van der Waals surface area contributed by atoms with E-state index in [0.29, 0.717) is 24.7 Å². The van der Waals surface area contributed by atoms with Crippen LogP contribution < -0.4 is 10.1 Å². The molecule has 3 heterocycles. The molecule has 2 aliphatic heterocycles. The predicted octanol–water partition coefficient (Wildman–Crippen LogP) is 2.01. The van der Waals surface area contributed by atoms with E-state index in [1.54, 1.807) is 13.8 Å². The van der Waals surface area contributed by atoms with Gasteiger partial charge in [-0.25, -0.2) is 4.79 Å². The molecule has 1 aromatic carbocycles. The van der Waals surface area contributed by atoms with Crippen molar-refractivity contribution in [2.24, 2.45) is 0 Å². The van der Waals surface area contributed by atoms with Crippen LogP contribution in [0, 0.1) is 0 Å². The van der Waals surface area contributed by atoms with Gasteiger partial charge in [-0.3, -0.25) is 9.69 Å². The molecule has 8 nitrogen and oxygen atoms in total. The number of carbonyl (C=O) groups excluding carboxylic acids is 2. The monoisotopic (exact) mass is 356 g/mol. The summed E-state index contributed by atoms with van der Waals surface area (Å²) in [6.07, 6.45) is 1.47. The van der Waals surface area contributed by atoms with Gasteiger partial charge in [0.15, 0.2) is 5.82 Å². The Labute approximate surface area is 150 Å². The molecule has 1 fully saturated rings. The molecule has 26 heavy (non-hydrogen) atoms. The van der Waals surface area contributed by atoms with Gasteiger partial charge < -0.3 is 14.6 Å². The minimum Gasteiger partial charge on any atom is -0.493 e. The topological polar surface area (TPSA) is 97.6 Å². The zero-order chi connectivity index (χ0) is 18.3. The molecule has 0 spiro atoms. The minimum absolute atomic E-state index is 0.00195. The number of nitrogens with zero attached hydrogens (tertiary/aromatic N) is 3. The molecular formula is C18H20N4O4. The number of amides is 3. The lowest BCUT2D eigenvalue weighted by Gasteiger charge is -2.24. The standard InChI is InChI=1S/C18H20N4O4/c1-18(2)16(23)22(17(24)20-18)10-14-19-15(26-21-14)9-11-7-8-25-13-6-4-3-5-12(11)13/h3-6,11H,7-10H2,1-2H3,(H,20,24). The fourth-order valence-electron chi connectivity index (χ4n) is 3.38. The highest BCUT2D eigenvalue weighted by Crippen LogP contribution is 2.35. The maximum absolute atomic E-state index is 12.2. The van der Waals surface area contributed by atoms with Gasteiger partial charge in [0.2, 0.25) is 5.89 Å². The van der Waals surface area contributed by atoms with Gasteiger partial charge in [0, 0.05) is 6.42 Å². The summed E-state index contributed by atoms with van der Waals surface area (Å²) >= 11 is 0. The van der Waals surface area contributed by atoms with E-state index in [1.165, 1.54) is 0 Å². The molecule has 3 amide bonds. The number of para-hydroxylation sites is 1. The van der Waals surface area contributed by atoms with E-state index in [2.05, 4.69) is 15.5 Å². The van der Waals surface area contributed by atoms with Crippen LogP contribution in [0.5, 0.6) is 5.75 Å². The van der Waals surface area contributed by atoms with E-state index in [-0.39, 0.29) is 18.4 Å². The van der Waals surface area contributed by atoms with Crippen LogP contribution in [0.15, 0.2) is 28.8 Å². The summed E-state index contributed by atoms with van der Waals surface area (Å²) in [4.78, 5) is 29.7. The van der Waals surface area contributed by atoms with Crippen LogP contribution >= 0.6 is 0 Å². The number of benzene rings is 1. The Morgan fingerprint density at radius 2 is 2.12 bits per heavy atom. The quantitative estimate of drug-likeness (QED) is 0.842. The van der Waals surface area contributed by atoms with Crippen molar-refractivity contribution in [2.45, 2.75) is 44.7 Å². The van der Waals surface area contributed by atoms with Crippen LogP contribution in [0.2, 0.25) is 0 Å². The van der Waals surface area contributed by atoms with Crippen LogP contribution in [0.3, 0.4) is 0 Å². The average Bonchev–Trinajstić information content (AvgIpc) is 3.13. The third-order valence-corrected chi connectivity index (χ3v) is 4.76. The maximum atomic E-state index is 12.2. The first-order chi connectivity index (χ1) is 12.4. The highest BCUT2D eigenvalue weighted by Gasteiger charge is 2.44. The highest BCUT2D eigenvalue weighted by atomic mass is 16.5. The number of carbonyl (C=O) groups is 2. The fraction of sp³-hybridized carbons (Fsp3) is 0.444. The Hall–Kier alpha value is -2.90. The van der Waals surface area contributed by atoms with E-state index in [4.69, 9.17) is 9.26 Å². The first-order valence-corrected chi connectivity index (χ1v) is 8.61. The first-order valence-electron chi connectivity index (χ1n) is 8.61. The molecule has 2 aromatic rings. The second kappa shape index (κ2) is 6.12. The summed E-state index contributed by atoms with van der Waals surface area (Å²) in [6, 6.07) is 7.50. The number of nitrogens with one attached hydrogen (secondary N) is 1. The summed E-state index contributed by atoms with van der Waals surface area (Å²) < 4.78 is 11.0.